The minimum absolute atomic E-state index is 0.183. The van der Waals surface area contributed by atoms with Crippen molar-refractivity contribution in [1.82, 2.24) is 10.2 Å². The molecule has 1 unspecified atom stereocenters. The summed E-state index contributed by atoms with van der Waals surface area (Å²) in [5, 5.41) is 3.03. The fraction of sp³-hybridized carbons (Fsp3) is 0.115. The predicted octanol–water partition coefficient (Wildman–Crippen LogP) is 4.98. The maximum atomic E-state index is 12.9. The number of hydrogen-bond donors (Lipinski definition) is 2. The molecule has 0 saturated carbocycles. The van der Waals surface area contributed by atoms with Crippen LogP contribution in [0.15, 0.2) is 100 Å². The number of carbonyl (C=O) groups is 2. The predicted molar refractivity (Wildman–Crippen MR) is 128 cm³/mol. The lowest BCUT2D eigenvalue weighted by molar-refractivity contribution is -0.135. The second-order valence-electron chi connectivity index (χ2n) is 7.78. The number of rotatable bonds is 5. The fourth-order valence-corrected chi connectivity index (χ4v) is 3.32. The minimum atomic E-state index is -1.41. The standard InChI is InChI=1S/C22H18N2O4.C4H5NO2/c1-22(16-12-14-19(15-13-16)27-18-10-6-3-7-11-18)20(25)24(21(26)28-22)23-17-8-4-2-5-9-17;1-3-2-4(6)5-7-3/h2-15,23H,1H3;2H,1H3,(H,5,6). The number of aromatic nitrogens is 1. The van der Waals surface area contributed by atoms with Crippen molar-refractivity contribution in [1.29, 1.82) is 0 Å². The Morgan fingerprint density at radius 3 is 2.00 bits per heavy atom. The molecular formula is C26H23N3O6. The summed E-state index contributed by atoms with van der Waals surface area (Å²) in [4.78, 5) is 35.3. The van der Waals surface area contributed by atoms with Crippen LogP contribution >= 0.6 is 0 Å². The van der Waals surface area contributed by atoms with Crippen molar-refractivity contribution in [2.45, 2.75) is 19.4 Å². The van der Waals surface area contributed by atoms with Gasteiger partial charge in [-0.05, 0) is 50.2 Å². The number of nitrogens with one attached hydrogen (secondary N) is 2. The van der Waals surface area contributed by atoms with E-state index < -0.39 is 17.6 Å². The van der Waals surface area contributed by atoms with E-state index in [0.717, 1.165) is 5.01 Å². The van der Waals surface area contributed by atoms with E-state index in [1.54, 1.807) is 62.4 Å². The number of benzene rings is 3. The molecule has 5 rings (SSSR count). The molecule has 3 aromatic carbocycles. The summed E-state index contributed by atoms with van der Waals surface area (Å²) in [6.45, 7) is 3.28. The van der Waals surface area contributed by atoms with Crippen LogP contribution in [0.1, 0.15) is 18.2 Å². The molecule has 0 radical (unpaired) electrons. The van der Waals surface area contributed by atoms with E-state index in [2.05, 4.69) is 15.1 Å². The van der Waals surface area contributed by atoms with Crippen LogP contribution in [-0.2, 0) is 15.1 Å². The number of para-hydroxylation sites is 2. The summed E-state index contributed by atoms with van der Waals surface area (Å²) in [6.07, 6.45) is -0.749. The third kappa shape index (κ3) is 5.41. The van der Waals surface area contributed by atoms with E-state index in [9.17, 15) is 14.4 Å². The highest BCUT2D eigenvalue weighted by molar-refractivity contribution is 6.04. The van der Waals surface area contributed by atoms with Crippen molar-refractivity contribution in [3.63, 3.8) is 0 Å². The van der Waals surface area contributed by atoms with Gasteiger partial charge in [-0.1, -0.05) is 48.5 Å². The van der Waals surface area contributed by atoms with E-state index in [-0.39, 0.29) is 5.56 Å². The van der Waals surface area contributed by atoms with Gasteiger partial charge < -0.3 is 14.0 Å². The normalized spacial score (nSPS) is 16.8. The molecule has 2 amide bonds. The topological polar surface area (TPSA) is 114 Å². The van der Waals surface area contributed by atoms with Gasteiger partial charge in [-0.25, -0.2) is 4.79 Å². The smallest absolute Gasteiger partial charge is 0.437 e. The third-order valence-corrected chi connectivity index (χ3v) is 5.13. The maximum Gasteiger partial charge on any atom is 0.437 e. The molecule has 1 saturated heterocycles. The monoisotopic (exact) mass is 473 g/mol. The Labute approximate surface area is 200 Å². The lowest BCUT2D eigenvalue weighted by Crippen LogP contribution is -2.39. The van der Waals surface area contributed by atoms with Crippen molar-refractivity contribution in [3.8, 4) is 11.5 Å². The van der Waals surface area contributed by atoms with Gasteiger partial charge >= 0.3 is 6.09 Å². The van der Waals surface area contributed by atoms with Crippen LogP contribution in [0.2, 0.25) is 0 Å². The minimum Gasteiger partial charge on any atom is -0.457 e. The van der Waals surface area contributed by atoms with Crippen molar-refractivity contribution in [2.75, 3.05) is 5.43 Å². The average Bonchev–Trinajstić information content (AvgIpc) is 3.35. The number of ether oxygens (including phenoxy) is 2. The van der Waals surface area contributed by atoms with Gasteiger partial charge in [-0.2, -0.15) is 5.16 Å². The Bertz CT molecular complexity index is 1350. The zero-order valence-electron chi connectivity index (χ0n) is 19.1. The van der Waals surface area contributed by atoms with Gasteiger partial charge in [0.1, 0.15) is 17.3 Å². The molecule has 1 atom stereocenters. The second-order valence-corrected chi connectivity index (χ2v) is 7.78. The highest BCUT2D eigenvalue weighted by atomic mass is 16.6. The average molecular weight is 473 g/mol. The highest BCUT2D eigenvalue weighted by Crippen LogP contribution is 2.35. The van der Waals surface area contributed by atoms with Crippen molar-refractivity contribution in [3.05, 3.63) is 113 Å². The van der Waals surface area contributed by atoms with E-state index in [1.165, 1.54) is 6.07 Å². The van der Waals surface area contributed by atoms with E-state index >= 15 is 0 Å². The molecule has 35 heavy (non-hydrogen) atoms. The van der Waals surface area contributed by atoms with Gasteiger partial charge in [0.15, 0.2) is 0 Å². The van der Waals surface area contributed by atoms with Crippen LogP contribution in [-0.4, -0.2) is 22.2 Å². The van der Waals surface area contributed by atoms with Crippen LogP contribution in [0.3, 0.4) is 0 Å². The summed E-state index contributed by atoms with van der Waals surface area (Å²) in [5.41, 5.74) is 2.37. The quantitative estimate of drug-likeness (QED) is 0.420. The number of anilines is 1. The molecule has 9 nitrogen and oxygen atoms in total. The third-order valence-electron chi connectivity index (χ3n) is 5.13. The van der Waals surface area contributed by atoms with Crippen molar-refractivity contribution >= 4 is 17.7 Å². The first-order chi connectivity index (χ1) is 16.8. The van der Waals surface area contributed by atoms with Gasteiger partial charge in [0.2, 0.25) is 5.60 Å². The first-order valence-corrected chi connectivity index (χ1v) is 10.7. The van der Waals surface area contributed by atoms with Crippen LogP contribution < -0.4 is 15.7 Å². The Kier molecular flexibility index (Phi) is 6.68. The van der Waals surface area contributed by atoms with Crippen LogP contribution in [0.25, 0.3) is 0 Å². The van der Waals surface area contributed by atoms with E-state index in [0.29, 0.717) is 28.5 Å². The molecule has 0 spiro atoms. The SMILES string of the molecule is CC1(c2ccc(Oc3ccccc3)cc2)OC(=O)N(Nc2ccccc2)C1=O.Cc1cc(=O)[nH]o1. The number of nitrogens with zero attached hydrogens (tertiary/aromatic N) is 1. The molecule has 178 valence electrons. The molecule has 1 fully saturated rings. The number of cyclic esters (lactones) is 1. The molecule has 1 aliphatic heterocycles. The largest absolute Gasteiger partial charge is 0.457 e. The fourth-order valence-electron chi connectivity index (χ4n) is 3.32. The number of amides is 2. The lowest BCUT2D eigenvalue weighted by atomic mass is 9.95. The number of hydrazine groups is 1. The Balaban J connectivity index is 0.000000356. The molecule has 0 bridgehead atoms. The molecule has 9 heteroatoms. The Morgan fingerprint density at radius 2 is 1.46 bits per heavy atom. The summed E-state index contributed by atoms with van der Waals surface area (Å²) < 4.78 is 15.7. The first-order valence-electron chi connectivity index (χ1n) is 10.7. The number of H-pyrrole nitrogens is 1. The molecule has 2 heterocycles. The number of aromatic amines is 1. The second kappa shape index (κ2) is 10.0. The first kappa shape index (κ1) is 23.4. The highest BCUT2D eigenvalue weighted by Gasteiger charge is 2.52. The maximum absolute atomic E-state index is 12.9. The van der Waals surface area contributed by atoms with Gasteiger partial charge in [-0.3, -0.25) is 15.0 Å². The van der Waals surface area contributed by atoms with Gasteiger partial charge in [-0.15, -0.1) is 5.01 Å². The number of aryl methyl sites for hydroxylation is 1. The van der Waals surface area contributed by atoms with Crippen LogP contribution in [0, 0.1) is 6.92 Å². The molecule has 1 aromatic heterocycles. The van der Waals surface area contributed by atoms with Gasteiger partial charge in [0, 0.05) is 11.6 Å². The molecule has 0 aliphatic carbocycles. The number of imide groups is 1. The zero-order valence-corrected chi connectivity index (χ0v) is 19.1. The Morgan fingerprint density at radius 1 is 0.857 bits per heavy atom. The number of hydrogen-bond acceptors (Lipinski definition) is 7. The van der Waals surface area contributed by atoms with E-state index in [4.69, 9.17) is 9.47 Å². The molecule has 1 aliphatic rings. The molecule has 2 N–H and O–H groups in total. The van der Waals surface area contributed by atoms with Crippen LogP contribution in [0.4, 0.5) is 10.5 Å². The molecular weight excluding hydrogens is 450 g/mol. The van der Waals surface area contributed by atoms with E-state index in [1.807, 2.05) is 36.4 Å². The van der Waals surface area contributed by atoms with Gasteiger partial charge in [0.25, 0.3) is 11.5 Å². The number of carbonyl (C=O) groups excluding carboxylic acids is 2. The Hall–Kier alpha value is -4.79. The van der Waals surface area contributed by atoms with Crippen LogP contribution in [0.5, 0.6) is 11.5 Å². The van der Waals surface area contributed by atoms with Crippen molar-refractivity contribution in [2.24, 2.45) is 0 Å². The summed E-state index contributed by atoms with van der Waals surface area (Å²) >= 11 is 0. The van der Waals surface area contributed by atoms with Crippen molar-refractivity contribution < 1.29 is 23.6 Å². The molecule has 4 aromatic rings. The zero-order chi connectivity index (χ0) is 24.8. The summed E-state index contributed by atoms with van der Waals surface area (Å²) in [7, 11) is 0. The summed E-state index contributed by atoms with van der Waals surface area (Å²) in [5.74, 6) is 1.46. The van der Waals surface area contributed by atoms with Gasteiger partial charge in [0.05, 0.1) is 5.69 Å². The lowest BCUT2D eigenvalue weighted by Gasteiger charge is -2.21. The summed E-state index contributed by atoms with van der Waals surface area (Å²) in [6, 6.07) is 26.6.